The third-order valence-corrected chi connectivity index (χ3v) is 9.31. The van der Waals surface area contributed by atoms with Gasteiger partial charge in [0.25, 0.3) is 0 Å². The van der Waals surface area contributed by atoms with Gasteiger partial charge in [-0.25, -0.2) is 9.97 Å². The molecule has 6 heteroatoms. The molecule has 0 saturated heterocycles. The molecule has 0 bridgehead atoms. The van der Waals surface area contributed by atoms with Crippen LogP contribution in [0.25, 0.3) is 76.7 Å². The molecule has 44 heavy (non-hydrogen) atoms. The Labute approximate surface area is 263 Å². The minimum Gasteiger partial charge on any atom is -0.252 e. The van der Waals surface area contributed by atoms with E-state index in [1.54, 1.807) is 22.7 Å². The highest BCUT2D eigenvalue weighted by molar-refractivity contribution is 7.13. The molecular weight excluding hydrogens is 577 g/mol. The lowest BCUT2D eigenvalue weighted by Gasteiger charge is -2.23. The zero-order chi connectivity index (χ0) is 29.3. The second kappa shape index (κ2) is 11.4. The van der Waals surface area contributed by atoms with Gasteiger partial charge < -0.3 is 0 Å². The highest BCUT2D eigenvalue weighted by atomic mass is 32.1. The second-order valence-electron chi connectivity index (χ2n) is 10.3. The van der Waals surface area contributed by atoms with Gasteiger partial charge in [-0.2, -0.15) is 0 Å². The molecule has 4 aromatic heterocycles. The van der Waals surface area contributed by atoms with Gasteiger partial charge in [-0.15, -0.1) is 22.7 Å². The average molecular weight is 601 g/mol. The van der Waals surface area contributed by atoms with Gasteiger partial charge in [0.15, 0.2) is 0 Å². The van der Waals surface area contributed by atoms with Crippen molar-refractivity contribution in [3.05, 3.63) is 145 Å². The van der Waals surface area contributed by atoms with Crippen LogP contribution in [0.5, 0.6) is 0 Å². The van der Waals surface area contributed by atoms with Gasteiger partial charge in [-0.1, -0.05) is 97.1 Å². The first-order valence-electron chi connectivity index (χ1n) is 14.3. The Bertz CT molecular complexity index is 2050. The molecule has 208 valence electrons. The van der Waals surface area contributed by atoms with Crippen molar-refractivity contribution < 1.29 is 0 Å². The summed E-state index contributed by atoms with van der Waals surface area (Å²) >= 11 is 3.20. The van der Waals surface area contributed by atoms with Gasteiger partial charge in [-0.05, 0) is 46.2 Å². The van der Waals surface area contributed by atoms with E-state index in [9.17, 15) is 0 Å². The van der Waals surface area contributed by atoms with Crippen LogP contribution in [0.3, 0.4) is 0 Å². The van der Waals surface area contributed by atoms with Gasteiger partial charge in [0, 0.05) is 34.6 Å². The maximum Gasteiger partial charge on any atom is 0.0825 e. The van der Waals surface area contributed by atoms with Crippen molar-refractivity contribution in [1.29, 1.82) is 0 Å². The molecule has 4 aromatic carbocycles. The van der Waals surface area contributed by atoms with E-state index in [1.807, 2.05) is 23.4 Å². The number of pyridine rings is 2. The van der Waals surface area contributed by atoms with Crippen molar-refractivity contribution >= 4 is 33.4 Å². The van der Waals surface area contributed by atoms with E-state index in [0.29, 0.717) is 0 Å². The third kappa shape index (κ3) is 4.71. The minimum absolute atomic E-state index is 0.914. The summed E-state index contributed by atoms with van der Waals surface area (Å²) in [5.41, 5.74) is 14.1. The first-order chi connectivity index (χ1) is 21.8. The predicted octanol–water partition coefficient (Wildman–Crippen LogP) is 10.5. The van der Waals surface area contributed by atoms with Gasteiger partial charge in [0.1, 0.15) is 0 Å². The van der Waals surface area contributed by atoms with Crippen molar-refractivity contribution in [3.8, 4) is 65.9 Å². The standard InChI is InChI=1S/C38H24N4S2/c1-3-11-25(12-4-1)35-36(26-13-5-2-6-14-26)38(32-20-10-18-30(42-32)34-22-40-24-44-34)28-16-8-7-15-27(28)37(35)31-19-9-17-29(41-31)33-21-39-23-43-33/h1-24H. The smallest absolute Gasteiger partial charge is 0.0825 e. The summed E-state index contributed by atoms with van der Waals surface area (Å²) < 4.78 is 0. The molecule has 0 amide bonds. The number of thiazole rings is 2. The van der Waals surface area contributed by atoms with E-state index in [2.05, 4.69) is 131 Å². The van der Waals surface area contributed by atoms with Gasteiger partial charge in [-0.3, -0.25) is 9.97 Å². The molecule has 0 N–H and O–H groups in total. The van der Waals surface area contributed by atoms with Gasteiger partial charge in [0.05, 0.1) is 43.6 Å². The fourth-order valence-electron chi connectivity index (χ4n) is 5.86. The molecule has 0 spiro atoms. The van der Waals surface area contributed by atoms with Gasteiger partial charge in [0.2, 0.25) is 0 Å². The van der Waals surface area contributed by atoms with Crippen LogP contribution in [-0.4, -0.2) is 19.9 Å². The Morgan fingerprint density at radius 1 is 0.364 bits per heavy atom. The largest absolute Gasteiger partial charge is 0.252 e. The van der Waals surface area contributed by atoms with Crippen molar-refractivity contribution in [2.75, 3.05) is 0 Å². The Hall–Kier alpha value is -5.30. The van der Waals surface area contributed by atoms with Crippen LogP contribution >= 0.6 is 22.7 Å². The molecule has 8 rings (SSSR count). The fourth-order valence-corrected chi connectivity index (χ4v) is 7.05. The van der Waals surface area contributed by atoms with Crippen LogP contribution in [0.2, 0.25) is 0 Å². The van der Waals surface area contributed by atoms with Crippen LogP contribution in [0, 0.1) is 0 Å². The zero-order valence-electron chi connectivity index (χ0n) is 23.5. The Kier molecular flexibility index (Phi) is 6.83. The maximum absolute atomic E-state index is 5.26. The lowest BCUT2D eigenvalue weighted by Crippen LogP contribution is -2.00. The monoisotopic (exact) mass is 600 g/mol. The summed E-state index contributed by atoms with van der Waals surface area (Å²) in [7, 11) is 0. The van der Waals surface area contributed by atoms with Crippen LogP contribution in [-0.2, 0) is 0 Å². The number of fused-ring (bicyclic) bond motifs is 1. The van der Waals surface area contributed by atoms with E-state index >= 15 is 0 Å². The number of rotatable bonds is 6. The molecule has 0 fully saturated rings. The van der Waals surface area contributed by atoms with E-state index in [0.717, 1.165) is 76.7 Å². The van der Waals surface area contributed by atoms with Crippen LogP contribution in [0.15, 0.2) is 145 Å². The van der Waals surface area contributed by atoms with Crippen LogP contribution in [0.1, 0.15) is 0 Å². The van der Waals surface area contributed by atoms with E-state index in [4.69, 9.17) is 9.97 Å². The SMILES string of the molecule is c1ccc(-c2c(-c3ccccc3)c(-c3cccc(-c4cncs4)n3)c3ccccc3c2-c2cccc(-c3cncs3)n2)cc1. The topological polar surface area (TPSA) is 51.6 Å². The third-order valence-electron chi connectivity index (χ3n) is 7.72. The first-order valence-corrected chi connectivity index (χ1v) is 16.0. The summed E-state index contributed by atoms with van der Waals surface area (Å²) in [5.74, 6) is 0. The summed E-state index contributed by atoms with van der Waals surface area (Å²) in [4.78, 5) is 21.2. The fraction of sp³-hybridized carbons (Fsp3) is 0. The first kappa shape index (κ1) is 26.3. The van der Waals surface area contributed by atoms with Crippen molar-refractivity contribution in [3.63, 3.8) is 0 Å². The van der Waals surface area contributed by atoms with Crippen molar-refractivity contribution in [2.45, 2.75) is 0 Å². The van der Waals surface area contributed by atoms with E-state index in [1.165, 1.54) is 0 Å². The van der Waals surface area contributed by atoms with E-state index < -0.39 is 0 Å². The van der Waals surface area contributed by atoms with E-state index in [-0.39, 0.29) is 0 Å². The number of hydrogen-bond acceptors (Lipinski definition) is 6. The molecule has 0 aliphatic carbocycles. The molecule has 4 heterocycles. The molecule has 0 saturated carbocycles. The second-order valence-corrected chi connectivity index (χ2v) is 12.1. The normalized spacial score (nSPS) is 11.2. The molecule has 0 aliphatic heterocycles. The van der Waals surface area contributed by atoms with Crippen molar-refractivity contribution in [1.82, 2.24) is 19.9 Å². The lowest BCUT2D eigenvalue weighted by atomic mass is 9.80. The predicted molar refractivity (Wildman–Crippen MR) is 183 cm³/mol. The quantitative estimate of drug-likeness (QED) is 0.191. The zero-order valence-corrected chi connectivity index (χ0v) is 25.1. The lowest BCUT2D eigenvalue weighted by molar-refractivity contribution is 1.32. The number of nitrogens with zero attached hydrogens (tertiary/aromatic N) is 4. The Balaban J connectivity index is 1.54. The highest BCUT2D eigenvalue weighted by Crippen LogP contribution is 2.50. The van der Waals surface area contributed by atoms with Gasteiger partial charge >= 0.3 is 0 Å². The Morgan fingerprint density at radius 3 is 1.18 bits per heavy atom. The maximum atomic E-state index is 5.26. The Morgan fingerprint density at radius 2 is 0.773 bits per heavy atom. The van der Waals surface area contributed by atoms with Crippen LogP contribution < -0.4 is 0 Å². The van der Waals surface area contributed by atoms with Crippen molar-refractivity contribution in [2.24, 2.45) is 0 Å². The number of aromatic nitrogens is 4. The minimum atomic E-state index is 0.914. The van der Waals surface area contributed by atoms with Crippen LogP contribution in [0.4, 0.5) is 0 Å². The molecule has 0 aliphatic rings. The summed E-state index contributed by atoms with van der Waals surface area (Å²) in [6, 6.07) is 42.5. The molecule has 8 aromatic rings. The highest BCUT2D eigenvalue weighted by Gasteiger charge is 2.25. The summed E-state index contributed by atoms with van der Waals surface area (Å²) in [6.45, 7) is 0. The molecule has 4 nitrogen and oxygen atoms in total. The number of hydrogen-bond donors (Lipinski definition) is 0. The molecule has 0 radical (unpaired) electrons. The summed E-state index contributed by atoms with van der Waals surface area (Å²) in [6.07, 6.45) is 3.76. The molecule has 0 unspecified atom stereocenters. The average Bonchev–Trinajstić information content (AvgIpc) is 3.84. The number of benzene rings is 4. The molecule has 0 atom stereocenters. The molecular formula is C38H24N4S2. The summed E-state index contributed by atoms with van der Waals surface area (Å²) in [5, 5.41) is 2.25.